The first kappa shape index (κ1) is 15.4. The van der Waals surface area contributed by atoms with Gasteiger partial charge in [-0.05, 0) is 48.4 Å². The van der Waals surface area contributed by atoms with Crippen molar-refractivity contribution in [3.63, 3.8) is 0 Å². The van der Waals surface area contributed by atoms with Crippen LogP contribution in [0.5, 0.6) is 5.75 Å². The van der Waals surface area contributed by atoms with E-state index in [-0.39, 0.29) is 0 Å². The second-order valence-electron chi connectivity index (χ2n) is 5.85. The van der Waals surface area contributed by atoms with Gasteiger partial charge < -0.3 is 4.74 Å². The van der Waals surface area contributed by atoms with E-state index in [2.05, 4.69) is 42.4 Å². The van der Waals surface area contributed by atoms with Gasteiger partial charge in [0.25, 0.3) is 0 Å². The predicted octanol–water partition coefficient (Wildman–Crippen LogP) is 4.79. The first-order chi connectivity index (χ1) is 12.3. The number of aryl methyl sites for hydroxylation is 1. The number of rotatable bonds is 4. The van der Waals surface area contributed by atoms with Crippen LogP contribution in [0.25, 0.3) is 33.4 Å². The Kier molecular flexibility index (Phi) is 3.94. The minimum absolute atomic E-state index is 0.788. The Bertz CT molecular complexity index is 1000. The van der Waals surface area contributed by atoms with E-state index >= 15 is 0 Å². The SMILES string of the molecule is CCn1ncc2c(-c3ccccc3)cc(-c3ccc(OC)cc3)nc21. The Balaban J connectivity index is 1.95. The Labute approximate surface area is 146 Å². The maximum absolute atomic E-state index is 5.26. The average Bonchev–Trinajstić information content (AvgIpc) is 3.11. The van der Waals surface area contributed by atoms with Crippen LogP contribution in [0, 0.1) is 0 Å². The van der Waals surface area contributed by atoms with Gasteiger partial charge in [0.05, 0.1) is 19.0 Å². The van der Waals surface area contributed by atoms with Gasteiger partial charge in [0.15, 0.2) is 5.65 Å². The molecule has 0 fully saturated rings. The second-order valence-corrected chi connectivity index (χ2v) is 5.85. The number of aromatic nitrogens is 3. The quantitative estimate of drug-likeness (QED) is 0.540. The summed E-state index contributed by atoms with van der Waals surface area (Å²) in [4.78, 5) is 4.88. The van der Waals surface area contributed by atoms with E-state index in [1.54, 1.807) is 7.11 Å². The lowest BCUT2D eigenvalue weighted by molar-refractivity contribution is 0.415. The standard InChI is InChI=1S/C21H19N3O/c1-3-24-21-19(14-22-24)18(15-7-5-4-6-8-15)13-20(23-21)16-9-11-17(25-2)12-10-16/h4-14H,3H2,1-2H3. The van der Waals surface area contributed by atoms with Crippen molar-refractivity contribution in [2.45, 2.75) is 13.5 Å². The van der Waals surface area contributed by atoms with E-state index in [1.165, 1.54) is 5.56 Å². The van der Waals surface area contributed by atoms with Crippen molar-refractivity contribution in [3.05, 3.63) is 66.9 Å². The molecule has 25 heavy (non-hydrogen) atoms. The molecule has 4 aromatic rings. The van der Waals surface area contributed by atoms with Crippen LogP contribution in [0.4, 0.5) is 0 Å². The van der Waals surface area contributed by atoms with Gasteiger partial charge in [-0.25, -0.2) is 9.67 Å². The number of fused-ring (bicyclic) bond motifs is 1. The summed E-state index contributed by atoms with van der Waals surface area (Å²) in [6.07, 6.45) is 1.91. The van der Waals surface area contributed by atoms with Crippen molar-refractivity contribution in [1.29, 1.82) is 0 Å². The van der Waals surface area contributed by atoms with Crippen LogP contribution in [-0.2, 0) is 6.54 Å². The zero-order chi connectivity index (χ0) is 17.2. The Morgan fingerprint density at radius 3 is 2.40 bits per heavy atom. The van der Waals surface area contributed by atoms with Crippen molar-refractivity contribution < 1.29 is 4.74 Å². The fourth-order valence-electron chi connectivity index (χ4n) is 3.05. The van der Waals surface area contributed by atoms with Crippen molar-refractivity contribution in [2.24, 2.45) is 0 Å². The van der Waals surface area contributed by atoms with Gasteiger partial charge in [0.2, 0.25) is 0 Å². The number of hydrogen-bond donors (Lipinski definition) is 0. The van der Waals surface area contributed by atoms with E-state index in [1.807, 2.05) is 41.2 Å². The molecule has 0 amide bonds. The molecule has 0 radical (unpaired) electrons. The molecule has 4 rings (SSSR count). The predicted molar refractivity (Wildman–Crippen MR) is 101 cm³/mol. The molecular formula is C21H19N3O. The van der Waals surface area contributed by atoms with Gasteiger partial charge in [-0.15, -0.1) is 0 Å². The summed E-state index contributed by atoms with van der Waals surface area (Å²) < 4.78 is 7.20. The third-order valence-electron chi connectivity index (χ3n) is 4.38. The van der Waals surface area contributed by atoms with Gasteiger partial charge in [-0.3, -0.25) is 0 Å². The number of ether oxygens (including phenoxy) is 1. The van der Waals surface area contributed by atoms with Crippen LogP contribution in [0.1, 0.15) is 6.92 Å². The Hall–Kier alpha value is -3.14. The topological polar surface area (TPSA) is 39.9 Å². The lowest BCUT2D eigenvalue weighted by atomic mass is 10.0. The summed E-state index contributed by atoms with van der Waals surface area (Å²) in [5.41, 5.74) is 5.22. The molecule has 4 nitrogen and oxygen atoms in total. The summed E-state index contributed by atoms with van der Waals surface area (Å²) in [7, 11) is 1.67. The van der Waals surface area contributed by atoms with Crippen LogP contribution < -0.4 is 4.74 Å². The molecule has 0 saturated carbocycles. The van der Waals surface area contributed by atoms with Crippen molar-refractivity contribution in [3.8, 4) is 28.1 Å². The van der Waals surface area contributed by atoms with E-state index in [0.29, 0.717) is 0 Å². The van der Waals surface area contributed by atoms with Gasteiger partial charge in [-0.2, -0.15) is 5.10 Å². The number of benzene rings is 2. The summed E-state index contributed by atoms with van der Waals surface area (Å²) >= 11 is 0. The highest BCUT2D eigenvalue weighted by Crippen LogP contribution is 2.32. The molecule has 124 valence electrons. The molecule has 4 heteroatoms. The van der Waals surface area contributed by atoms with E-state index < -0.39 is 0 Å². The summed E-state index contributed by atoms with van der Waals surface area (Å²) in [6.45, 7) is 2.87. The van der Waals surface area contributed by atoms with Gasteiger partial charge >= 0.3 is 0 Å². The highest BCUT2D eigenvalue weighted by Gasteiger charge is 2.13. The monoisotopic (exact) mass is 329 g/mol. The number of nitrogens with zero attached hydrogens (tertiary/aromatic N) is 3. The molecule has 0 aliphatic rings. The molecule has 0 spiro atoms. The number of pyridine rings is 1. The molecule has 0 atom stereocenters. The van der Waals surface area contributed by atoms with E-state index in [4.69, 9.17) is 9.72 Å². The summed E-state index contributed by atoms with van der Waals surface area (Å²) in [6, 6.07) is 20.5. The number of methoxy groups -OCH3 is 1. The highest BCUT2D eigenvalue weighted by atomic mass is 16.5. The average molecular weight is 329 g/mol. The van der Waals surface area contributed by atoms with E-state index in [0.717, 1.165) is 40.1 Å². The van der Waals surface area contributed by atoms with Crippen molar-refractivity contribution in [1.82, 2.24) is 14.8 Å². The zero-order valence-corrected chi connectivity index (χ0v) is 14.3. The number of hydrogen-bond acceptors (Lipinski definition) is 3. The van der Waals surface area contributed by atoms with Crippen LogP contribution in [-0.4, -0.2) is 21.9 Å². The second kappa shape index (κ2) is 6.40. The van der Waals surface area contributed by atoms with Crippen LogP contribution in [0.3, 0.4) is 0 Å². The lowest BCUT2D eigenvalue weighted by Gasteiger charge is -2.09. The Morgan fingerprint density at radius 2 is 1.72 bits per heavy atom. The normalized spacial score (nSPS) is 11.0. The molecule has 2 heterocycles. The lowest BCUT2D eigenvalue weighted by Crippen LogP contribution is -1.98. The van der Waals surface area contributed by atoms with Gasteiger partial charge in [0, 0.05) is 17.5 Å². The minimum Gasteiger partial charge on any atom is -0.497 e. The smallest absolute Gasteiger partial charge is 0.159 e. The summed E-state index contributed by atoms with van der Waals surface area (Å²) in [5, 5.41) is 5.57. The first-order valence-electron chi connectivity index (χ1n) is 8.36. The van der Waals surface area contributed by atoms with Crippen molar-refractivity contribution in [2.75, 3.05) is 7.11 Å². The third kappa shape index (κ3) is 2.76. The van der Waals surface area contributed by atoms with Crippen molar-refractivity contribution >= 4 is 11.0 Å². The van der Waals surface area contributed by atoms with Crippen LogP contribution >= 0.6 is 0 Å². The first-order valence-corrected chi connectivity index (χ1v) is 8.36. The molecule has 0 unspecified atom stereocenters. The zero-order valence-electron chi connectivity index (χ0n) is 14.3. The summed E-state index contributed by atoms with van der Waals surface area (Å²) in [5.74, 6) is 0.840. The highest BCUT2D eigenvalue weighted by molar-refractivity contribution is 5.95. The van der Waals surface area contributed by atoms with E-state index in [9.17, 15) is 0 Å². The molecule has 0 aliphatic heterocycles. The van der Waals surface area contributed by atoms with Gasteiger partial charge in [-0.1, -0.05) is 30.3 Å². The molecule has 2 aromatic carbocycles. The maximum Gasteiger partial charge on any atom is 0.159 e. The molecule has 2 aromatic heterocycles. The molecular weight excluding hydrogens is 310 g/mol. The molecule has 0 saturated heterocycles. The molecule has 0 aliphatic carbocycles. The van der Waals surface area contributed by atoms with Gasteiger partial charge in [0.1, 0.15) is 5.75 Å². The maximum atomic E-state index is 5.26. The van der Waals surface area contributed by atoms with Crippen LogP contribution in [0.15, 0.2) is 66.9 Å². The fourth-order valence-corrected chi connectivity index (χ4v) is 3.05. The molecule has 0 N–H and O–H groups in total. The largest absolute Gasteiger partial charge is 0.497 e. The minimum atomic E-state index is 0.788. The molecule has 0 bridgehead atoms. The Morgan fingerprint density at radius 1 is 0.960 bits per heavy atom. The van der Waals surface area contributed by atoms with Crippen LogP contribution in [0.2, 0.25) is 0 Å². The third-order valence-corrected chi connectivity index (χ3v) is 4.38. The fraction of sp³-hybridized carbons (Fsp3) is 0.143.